The van der Waals surface area contributed by atoms with Crippen LogP contribution in [-0.4, -0.2) is 40.5 Å². The van der Waals surface area contributed by atoms with Gasteiger partial charge in [-0.05, 0) is 35.6 Å². The van der Waals surface area contributed by atoms with Crippen LogP contribution in [0.25, 0.3) is 0 Å². The van der Waals surface area contributed by atoms with Crippen LogP contribution >= 0.6 is 0 Å². The van der Waals surface area contributed by atoms with Crippen molar-refractivity contribution in [2.24, 2.45) is 5.92 Å². The zero-order chi connectivity index (χ0) is 12.1. The van der Waals surface area contributed by atoms with Crippen molar-refractivity contribution in [3.63, 3.8) is 0 Å². The van der Waals surface area contributed by atoms with Crippen LogP contribution < -0.4 is 5.32 Å². The average Bonchev–Trinajstić information content (AvgIpc) is 2.93. The number of ether oxygens (including phenoxy) is 1. The van der Waals surface area contributed by atoms with E-state index in [2.05, 4.69) is 27.8 Å². The van der Waals surface area contributed by atoms with E-state index in [0.29, 0.717) is 19.2 Å². The lowest BCUT2D eigenvalue weighted by Crippen LogP contribution is -2.22. The zero-order valence-electron chi connectivity index (χ0n) is 10.6. The Balaban J connectivity index is 1.88. The summed E-state index contributed by atoms with van der Waals surface area (Å²) in [5.41, 5.74) is 0. The highest BCUT2D eigenvalue weighted by Crippen LogP contribution is 2.33. The van der Waals surface area contributed by atoms with Crippen molar-refractivity contribution >= 4 is 0 Å². The molecule has 1 heterocycles. The summed E-state index contributed by atoms with van der Waals surface area (Å²) < 4.78 is 6.97. The molecule has 2 unspecified atom stereocenters. The number of nitrogens with one attached hydrogen (secondary N) is 1. The van der Waals surface area contributed by atoms with Crippen LogP contribution in [0.15, 0.2) is 0 Å². The second kappa shape index (κ2) is 6.07. The minimum Gasteiger partial charge on any atom is -0.383 e. The third-order valence-corrected chi connectivity index (χ3v) is 3.34. The fourth-order valence-electron chi connectivity index (χ4n) is 2.39. The molecule has 0 aliphatic heterocycles. The maximum atomic E-state index is 4.98. The van der Waals surface area contributed by atoms with E-state index in [9.17, 15) is 0 Å². The molecule has 0 aromatic carbocycles. The first-order chi connectivity index (χ1) is 8.31. The fourth-order valence-corrected chi connectivity index (χ4v) is 2.39. The van der Waals surface area contributed by atoms with E-state index in [1.165, 1.54) is 19.3 Å². The van der Waals surface area contributed by atoms with E-state index in [1.807, 2.05) is 4.68 Å². The number of rotatable bonds is 6. The van der Waals surface area contributed by atoms with Crippen LogP contribution in [0.3, 0.4) is 0 Å². The highest BCUT2D eigenvalue weighted by atomic mass is 16.5. The SMILES string of the molecule is COCCNCc1nnnn1C1CCC(C)C1. The molecule has 1 aromatic heterocycles. The first kappa shape index (κ1) is 12.4. The molecule has 6 heteroatoms. The van der Waals surface area contributed by atoms with E-state index in [0.717, 1.165) is 18.3 Å². The Kier molecular flexibility index (Phi) is 4.44. The molecule has 1 aromatic rings. The lowest BCUT2D eigenvalue weighted by Gasteiger charge is -2.12. The third kappa shape index (κ3) is 3.23. The van der Waals surface area contributed by atoms with Gasteiger partial charge in [-0.15, -0.1) is 5.10 Å². The molecule has 17 heavy (non-hydrogen) atoms. The van der Waals surface area contributed by atoms with Gasteiger partial charge < -0.3 is 10.1 Å². The van der Waals surface area contributed by atoms with Crippen LogP contribution in [0.1, 0.15) is 38.1 Å². The predicted molar refractivity (Wildman–Crippen MR) is 63.5 cm³/mol. The summed E-state index contributed by atoms with van der Waals surface area (Å²) in [6.07, 6.45) is 3.66. The van der Waals surface area contributed by atoms with Crippen LogP contribution in [-0.2, 0) is 11.3 Å². The first-order valence-electron chi connectivity index (χ1n) is 6.27. The maximum Gasteiger partial charge on any atom is 0.165 e. The van der Waals surface area contributed by atoms with Gasteiger partial charge in [0, 0.05) is 13.7 Å². The number of hydrogen-bond acceptors (Lipinski definition) is 5. The van der Waals surface area contributed by atoms with Crippen molar-refractivity contribution in [3.05, 3.63) is 5.82 Å². The van der Waals surface area contributed by atoms with Gasteiger partial charge in [0.15, 0.2) is 5.82 Å². The van der Waals surface area contributed by atoms with Crippen molar-refractivity contribution in [1.29, 1.82) is 0 Å². The molecule has 96 valence electrons. The first-order valence-corrected chi connectivity index (χ1v) is 6.27. The van der Waals surface area contributed by atoms with Gasteiger partial charge >= 0.3 is 0 Å². The monoisotopic (exact) mass is 239 g/mol. The standard InChI is InChI=1S/C11H21N5O/c1-9-3-4-10(7-9)16-11(13-14-15-16)8-12-5-6-17-2/h9-10,12H,3-8H2,1-2H3. The van der Waals surface area contributed by atoms with Gasteiger partial charge in [0.1, 0.15) is 0 Å². The molecule has 1 N–H and O–H groups in total. The molecular weight excluding hydrogens is 218 g/mol. The molecular formula is C11H21N5O. The Hall–Kier alpha value is -1.01. The molecule has 0 radical (unpaired) electrons. The molecule has 0 bridgehead atoms. The number of aromatic nitrogens is 4. The Labute approximate surface area is 102 Å². The molecule has 1 aliphatic rings. The van der Waals surface area contributed by atoms with Crippen molar-refractivity contribution in [1.82, 2.24) is 25.5 Å². The fraction of sp³-hybridized carbons (Fsp3) is 0.909. The van der Waals surface area contributed by atoms with Crippen molar-refractivity contribution < 1.29 is 4.74 Å². The second-order valence-corrected chi connectivity index (χ2v) is 4.78. The van der Waals surface area contributed by atoms with Gasteiger partial charge in [0.05, 0.1) is 19.2 Å². The van der Waals surface area contributed by atoms with Crippen LogP contribution in [0.2, 0.25) is 0 Å². The molecule has 0 amide bonds. The van der Waals surface area contributed by atoms with Crippen molar-refractivity contribution in [3.8, 4) is 0 Å². The summed E-state index contributed by atoms with van der Waals surface area (Å²) in [4.78, 5) is 0. The summed E-state index contributed by atoms with van der Waals surface area (Å²) in [5, 5.41) is 15.3. The molecule has 6 nitrogen and oxygen atoms in total. The minimum atomic E-state index is 0.485. The van der Waals surface area contributed by atoms with E-state index >= 15 is 0 Å². The highest BCUT2D eigenvalue weighted by molar-refractivity contribution is 4.87. The molecule has 1 aliphatic carbocycles. The normalized spacial score (nSPS) is 24.4. The largest absolute Gasteiger partial charge is 0.383 e. The van der Waals surface area contributed by atoms with E-state index < -0.39 is 0 Å². The quantitative estimate of drug-likeness (QED) is 0.743. The smallest absolute Gasteiger partial charge is 0.165 e. The van der Waals surface area contributed by atoms with Crippen molar-refractivity contribution in [2.75, 3.05) is 20.3 Å². The lowest BCUT2D eigenvalue weighted by molar-refractivity contribution is 0.198. The van der Waals surface area contributed by atoms with Gasteiger partial charge in [-0.2, -0.15) is 0 Å². The maximum absolute atomic E-state index is 4.98. The third-order valence-electron chi connectivity index (χ3n) is 3.34. The van der Waals surface area contributed by atoms with Gasteiger partial charge in [-0.3, -0.25) is 0 Å². The summed E-state index contributed by atoms with van der Waals surface area (Å²) in [5.74, 6) is 1.72. The van der Waals surface area contributed by atoms with Crippen LogP contribution in [0.5, 0.6) is 0 Å². The summed E-state index contributed by atoms with van der Waals surface area (Å²) in [6, 6.07) is 0.485. The minimum absolute atomic E-state index is 0.485. The number of hydrogen-bond donors (Lipinski definition) is 1. The van der Waals surface area contributed by atoms with Crippen molar-refractivity contribution in [2.45, 2.75) is 38.8 Å². The van der Waals surface area contributed by atoms with E-state index in [4.69, 9.17) is 4.74 Å². The van der Waals surface area contributed by atoms with Gasteiger partial charge in [0.25, 0.3) is 0 Å². The van der Waals surface area contributed by atoms with Crippen LogP contribution in [0.4, 0.5) is 0 Å². The average molecular weight is 239 g/mol. The highest BCUT2D eigenvalue weighted by Gasteiger charge is 2.25. The van der Waals surface area contributed by atoms with Gasteiger partial charge in [-0.1, -0.05) is 6.92 Å². The topological polar surface area (TPSA) is 64.9 Å². The summed E-state index contributed by atoms with van der Waals surface area (Å²) in [7, 11) is 1.70. The van der Waals surface area contributed by atoms with Crippen LogP contribution in [0, 0.1) is 5.92 Å². The van der Waals surface area contributed by atoms with Gasteiger partial charge in [-0.25, -0.2) is 4.68 Å². The molecule has 0 spiro atoms. The Morgan fingerprint density at radius 1 is 1.47 bits per heavy atom. The summed E-state index contributed by atoms with van der Waals surface area (Å²) >= 11 is 0. The zero-order valence-corrected chi connectivity index (χ0v) is 10.6. The Morgan fingerprint density at radius 2 is 2.35 bits per heavy atom. The molecule has 2 atom stereocenters. The lowest BCUT2D eigenvalue weighted by atomic mass is 10.1. The van der Waals surface area contributed by atoms with E-state index in [1.54, 1.807) is 7.11 Å². The Morgan fingerprint density at radius 3 is 3.06 bits per heavy atom. The molecule has 1 fully saturated rings. The molecule has 1 saturated carbocycles. The number of methoxy groups -OCH3 is 1. The number of tetrazole rings is 1. The number of nitrogens with zero attached hydrogens (tertiary/aromatic N) is 4. The predicted octanol–water partition coefficient (Wildman–Crippen LogP) is 0.770. The Bertz CT molecular complexity index is 340. The van der Waals surface area contributed by atoms with E-state index in [-0.39, 0.29) is 0 Å². The molecule has 2 rings (SSSR count). The van der Waals surface area contributed by atoms with Gasteiger partial charge in [0.2, 0.25) is 0 Å². The second-order valence-electron chi connectivity index (χ2n) is 4.78. The molecule has 0 saturated heterocycles. The summed E-state index contributed by atoms with van der Waals surface area (Å²) in [6.45, 7) is 4.54.